The highest BCUT2D eigenvalue weighted by Crippen LogP contribution is 2.25. The summed E-state index contributed by atoms with van der Waals surface area (Å²) in [6.45, 7) is 3.77. The number of nitrogens with one attached hydrogen (secondary N) is 2. The van der Waals surface area contributed by atoms with Crippen molar-refractivity contribution in [3.05, 3.63) is 55.6 Å². The average molecular weight is 589 g/mol. The number of rotatable bonds is 2. The summed E-state index contributed by atoms with van der Waals surface area (Å²) in [7, 11) is 0. The molecule has 2 rings (SSSR count). The quantitative estimate of drug-likeness (QED) is 0.178. The van der Waals surface area contributed by atoms with E-state index >= 15 is 0 Å². The number of nitrogens with two attached hydrogens (primary N) is 4. The number of amides is 4. The molecule has 0 aliphatic heterocycles. The summed E-state index contributed by atoms with van der Waals surface area (Å²) in [6, 6.07) is 10.1. The molecular weight excluding hydrogens is 567 g/mol. The van der Waals surface area contributed by atoms with Crippen LogP contribution in [0.2, 0.25) is 0 Å². The van der Waals surface area contributed by atoms with E-state index in [0.717, 1.165) is 24.9 Å². The van der Waals surface area contributed by atoms with Crippen molar-refractivity contribution in [1.82, 2.24) is 0 Å². The Morgan fingerprint density at radius 2 is 1.27 bits per heavy atom. The molecule has 0 atom stereocenters. The minimum absolute atomic E-state index is 0.254. The topological polar surface area (TPSA) is 187 Å². The molecule has 0 spiro atoms. The third kappa shape index (κ3) is 8.65. The summed E-state index contributed by atoms with van der Waals surface area (Å²) >= 11 is 5.44. The smallest absolute Gasteiger partial charge is 0.348 e. The number of carbonyl (C=O) groups excluding carboxylic acids is 2. The number of aryl methyl sites for hydroxylation is 2. The molecule has 0 heterocycles. The molecule has 0 bridgehead atoms. The lowest BCUT2D eigenvalue weighted by Crippen LogP contribution is -2.25. The Morgan fingerprint density at radius 1 is 0.833 bits per heavy atom. The predicted octanol–water partition coefficient (Wildman–Crippen LogP) is 2.97. The fraction of sp³-hybridized carbons (Fsp3) is 0.111. The zero-order chi connectivity index (χ0) is 22.8. The second kappa shape index (κ2) is 12.0. The Labute approximate surface area is 195 Å². The standard InChI is InChI=1S/C9H11BrN4O.C9H11IN4O/c2*1-5-3-2-4-6(10)7(5)13-9(15)14-8(11)12/h2*2-4H,1H3,(H5,11,12,13,14,15). The van der Waals surface area contributed by atoms with Crippen LogP contribution in [0.15, 0.2) is 50.9 Å². The number of aliphatic imine (C=N–C) groups is 2. The average Bonchev–Trinajstić information content (AvgIpc) is 2.61. The van der Waals surface area contributed by atoms with Gasteiger partial charge >= 0.3 is 12.1 Å². The zero-order valence-corrected chi connectivity index (χ0v) is 20.0. The number of halogens is 2. The van der Waals surface area contributed by atoms with E-state index in [1.165, 1.54) is 0 Å². The van der Waals surface area contributed by atoms with Crippen molar-refractivity contribution in [3.8, 4) is 0 Å². The van der Waals surface area contributed by atoms with Crippen LogP contribution in [0.3, 0.4) is 0 Å². The molecule has 30 heavy (non-hydrogen) atoms. The molecule has 0 fully saturated rings. The Hall–Kier alpha value is -2.87. The van der Waals surface area contributed by atoms with Gasteiger partial charge < -0.3 is 33.6 Å². The van der Waals surface area contributed by atoms with Crippen molar-refractivity contribution in [1.29, 1.82) is 0 Å². The van der Waals surface area contributed by atoms with Gasteiger partial charge in [-0.25, -0.2) is 9.59 Å². The number of nitrogens with zero attached hydrogens (tertiary/aromatic N) is 2. The Morgan fingerprint density at radius 3 is 1.70 bits per heavy atom. The number of anilines is 2. The highest BCUT2D eigenvalue weighted by molar-refractivity contribution is 14.1. The number of carbonyl (C=O) groups is 2. The van der Waals surface area contributed by atoms with Gasteiger partial charge in [-0.15, -0.1) is 0 Å². The lowest BCUT2D eigenvalue weighted by molar-refractivity contribution is 0.258. The maximum atomic E-state index is 11.3. The van der Waals surface area contributed by atoms with Crippen molar-refractivity contribution in [3.63, 3.8) is 0 Å². The summed E-state index contributed by atoms with van der Waals surface area (Å²) in [4.78, 5) is 29.2. The Balaban J connectivity index is 0.000000300. The molecule has 0 aromatic heterocycles. The molecule has 0 aliphatic carbocycles. The third-order valence-electron chi connectivity index (χ3n) is 3.37. The molecule has 0 saturated heterocycles. The minimum atomic E-state index is -0.593. The number of hydrogen-bond donors (Lipinski definition) is 6. The van der Waals surface area contributed by atoms with Crippen molar-refractivity contribution in [2.75, 3.05) is 10.6 Å². The van der Waals surface area contributed by atoms with Crippen LogP contribution in [0, 0.1) is 17.4 Å². The van der Waals surface area contributed by atoms with Gasteiger partial charge in [0.15, 0.2) is 11.9 Å². The van der Waals surface area contributed by atoms with Gasteiger partial charge in [-0.2, -0.15) is 9.98 Å². The number of para-hydroxylation sites is 2. The molecule has 12 heteroatoms. The molecule has 0 unspecified atom stereocenters. The van der Waals surface area contributed by atoms with Crippen LogP contribution in [0.5, 0.6) is 0 Å². The molecule has 4 amide bonds. The van der Waals surface area contributed by atoms with Crippen molar-refractivity contribution >= 4 is 73.9 Å². The van der Waals surface area contributed by atoms with Gasteiger partial charge in [0.2, 0.25) is 0 Å². The fourth-order valence-corrected chi connectivity index (χ4v) is 3.42. The molecule has 2 aromatic carbocycles. The van der Waals surface area contributed by atoms with E-state index in [1.807, 2.05) is 50.2 Å². The van der Waals surface area contributed by atoms with Gasteiger partial charge in [0.25, 0.3) is 0 Å². The molecule has 10 nitrogen and oxygen atoms in total. The van der Waals surface area contributed by atoms with Crippen molar-refractivity contribution in [2.45, 2.75) is 13.8 Å². The first-order valence-electron chi connectivity index (χ1n) is 8.32. The first-order chi connectivity index (χ1) is 14.0. The van der Waals surface area contributed by atoms with Crippen molar-refractivity contribution < 1.29 is 9.59 Å². The van der Waals surface area contributed by atoms with E-state index in [9.17, 15) is 9.59 Å². The monoisotopic (exact) mass is 588 g/mol. The highest BCUT2D eigenvalue weighted by Gasteiger charge is 2.07. The number of guanidine groups is 2. The molecule has 0 radical (unpaired) electrons. The van der Waals surface area contributed by atoms with Crippen LogP contribution in [0.1, 0.15) is 11.1 Å². The Kier molecular flexibility index (Phi) is 10.0. The van der Waals surface area contributed by atoms with Crippen LogP contribution in [0.4, 0.5) is 21.0 Å². The molecule has 2 aromatic rings. The molecule has 0 saturated carbocycles. The van der Waals surface area contributed by atoms with E-state index in [-0.39, 0.29) is 11.9 Å². The van der Waals surface area contributed by atoms with Crippen LogP contribution in [0.25, 0.3) is 0 Å². The summed E-state index contributed by atoms with van der Waals surface area (Å²) in [6.07, 6.45) is 0. The van der Waals surface area contributed by atoms with E-state index in [1.54, 1.807) is 0 Å². The van der Waals surface area contributed by atoms with Crippen LogP contribution in [-0.2, 0) is 0 Å². The van der Waals surface area contributed by atoms with E-state index in [0.29, 0.717) is 5.69 Å². The largest absolute Gasteiger partial charge is 0.370 e. The lowest BCUT2D eigenvalue weighted by atomic mass is 10.2. The molecule has 10 N–H and O–H groups in total. The van der Waals surface area contributed by atoms with Gasteiger partial charge in [-0.3, -0.25) is 0 Å². The molecule has 0 aliphatic rings. The zero-order valence-electron chi connectivity index (χ0n) is 16.2. The maximum absolute atomic E-state index is 11.3. The first-order valence-corrected chi connectivity index (χ1v) is 10.2. The summed E-state index contributed by atoms with van der Waals surface area (Å²) in [5.41, 5.74) is 23.6. The van der Waals surface area contributed by atoms with Gasteiger partial charge in [0, 0.05) is 8.04 Å². The van der Waals surface area contributed by atoms with E-state index < -0.39 is 12.1 Å². The minimum Gasteiger partial charge on any atom is -0.370 e. The maximum Gasteiger partial charge on any atom is 0.348 e. The van der Waals surface area contributed by atoms with Crippen molar-refractivity contribution in [2.24, 2.45) is 32.9 Å². The SMILES string of the molecule is Cc1cccc(Br)c1NC(=O)N=C(N)N.Cc1cccc(I)c1NC(=O)N=C(N)N. The second-order valence-electron chi connectivity index (χ2n) is 5.80. The number of benzene rings is 2. The number of urea groups is 2. The molecular formula is C18H22BrIN8O2. The van der Waals surface area contributed by atoms with Gasteiger partial charge in [-0.05, 0) is 75.6 Å². The third-order valence-corrected chi connectivity index (χ3v) is 4.93. The second-order valence-corrected chi connectivity index (χ2v) is 7.81. The normalized spacial score (nSPS) is 9.47. The highest BCUT2D eigenvalue weighted by atomic mass is 127. The van der Waals surface area contributed by atoms with Crippen LogP contribution >= 0.6 is 38.5 Å². The van der Waals surface area contributed by atoms with Crippen LogP contribution in [-0.4, -0.2) is 24.0 Å². The Bertz CT molecular complexity index is 866. The molecule has 160 valence electrons. The predicted molar refractivity (Wildman–Crippen MR) is 132 cm³/mol. The van der Waals surface area contributed by atoms with E-state index in [2.05, 4.69) is 59.1 Å². The lowest BCUT2D eigenvalue weighted by Gasteiger charge is -2.07. The summed E-state index contributed by atoms with van der Waals surface area (Å²) < 4.78 is 1.72. The summed E-state index contributed by atoms with van der Waals surface area (Å²) in [5, 5.41) is 5.19. The fourth-order valence-electron chi connectivity index (χ4n) is 2.08. The van der Waals surface area contributed by atoms with Gasteiger partial charge in [0.1, 0.15) is 0 Å². The first kappa shape index (κ1) is 25.2. The van der Waals surface area contributed by atoms with E-state index in [4.69, 9.17) is 22.9 Å². The number of hydrogen-bond acceptors (Lipinski definition) is 2. The van der Waals surface area contributed by atoms with Crippen LogP contribution < -0.4 is 33.6 Å². The van der Waals surface area contributed by atoms with Gasteiger partial charge in [-0.1, -0.05) is 24.3 Å². The van der Waals surface area contributed by atoms with Gasteiger partial charge in [0.05, 0.1) is 11.4 Å². The summed E-state index contributed by atoms with van der Waals surface area (Å²) in [5.74, 6) is -0.520.